The number of rotatable bonds is 8. The third kappa shape index (κ3) is 6.27. The first-order valence-corrected chi connectivity index (χ1v) is 8.05. The van der Waals surface area contributed by atoms with Gasteiger partial charge in [0.25, 0.3) is 0 Å². The monoisotopic (exact) mass is 394 g/mol. The molecular weight excluding hydrogens is 379 g/mol. The van der Waals surface area contributed by atoms with E-state index in [-0.39, 0.29) is 34.7 Å². The number of methoxy groups -OCH3 is 1. The summed E-state index contributed by atoms with van der Waals surface area (Å²) in [7, 11) is 1.38. The van der Waals surface area contributed by atoms with Gasteiger partial charge in [-0.05, 0) is 35.4 Å². The quantitative estimate of drug-likeness (QED) is 0.530. The number of hydrogen-bond acceptors (Lipinski definition) is 5. The molecule has 142 valence electrons. The maximum absolute atomic E-state index is 12.8. The van der Waals surface area contributed by atoms with Gasteiger partial charge in [0.1, 0.15) is 5.82 Å². The SMILES string of the molecule is COc1cc(/C=N/NC(=O)Cc2ccc(F)cc2)cc(Cl)c1OCC(=O)O. The summed E-state index contributed by atoms with van der Waals surface area (Å²) >= 11 is 6.08. The number of nitrogens with one attached hydrogen (secondary N) is 1. The van der Waals surface area contributed by atoms with Crippen LogP contribution in [0.25, 0.3) is 0 Å². The number of ether oxygens (including phenoxy) is 2. The van der Waals surface area contributed by atoms with Crippen molar-refractivity contribution >= 4 is 29.7 Å². The Morgan fingerprint density at radius 2 is 2.00 bits per heavy atom. The van der Waals surface area contributed by atoms with Gasteiger partial charge in [-0.25, -0.2) is 14.6 Å². The van der Waals surface area contributed by atoms with Crippen LogP contribution in [0.4, 0.5) is 4.39 Å². The molecule has 0 unspecified atom stereocenters. The molecule has 0 saturated heterocycles. The normalized spacial score (nSPS) is 10.6. The smallest absolute Gasteiger partial charge is 0.341 e. The zero-order valence-corrected chi connectivity index (χ0v) is 15.0. The lowest BCUT2D eigenvalue weighted by Gasteiger charge is -2.11. The van der Waals surface area contributed by atoms with Crippen LogP contribution in [0.3, 0.4) is 0 Å². The van der Waals surface area contributed by atoms with Crippen molar-refractivity contribution in [1.29, 1.82) is 0 Å². The van der Waals surface area contributed by atoms with E-state index >= 15 is 0 Å². The van der Waals surface area contributed by atoms with E-state index in [0.717, 1.165) is 0 Å². The average Bonchev–Trinajstić information content (AvgIpc) is 2.62. The maximum Gasteiger partial charge on any atom is 0.341 e. The number of benzene rings is 2. The second-order valence-corrected chi connectivity index (χ2v) is 5.72. The summed E-state index contributed by atoms with van der Waals surface area (Å²) in [5, 5.41) is 12.6. The fourth-order valence-electron chi connectivity index (χ4n) is 2.09. The zero-order chi connectivity index (χ0) is 19.8. The molecule has 0 aromatic heterocycles. The van der Waals surface area contributed by atoms with E-state index in [9.17, 15) is 14.0 Å². The third-order valence-electron chi connectivity index (χ3n) is 3.27. The molecule has 0 aliphatic heterocycles. The van der Waals surface area contributed by atoms with Gasteiger partial charge in [0, 0.05) is 0 Å². The number of aliphatic carboxylic acids is 1. The van der Waals surface area contributed by atoms with Crippen LogP contribution in [0.1, 0.15) is 11.1 Å². The number of amides is 1. The molecule has 0 radical (unpaired) electrons. The highest BCUT2D eigenvalue weighted by molar-refractivity contribution is 6.32. The summed E-state index contributed by atoms with van der Waals surface area (Å²) < 4.78 is 23.1. The van der Waals surface area contributed by atoms with Crippen molar-refractivity contribution in [3.63, 3.8) is 0 Å². The highest BCUT2D eigenvalue weighted by Crippen LogP contribution is 2.36. The Kier molecular flexibility index (Phi) is 7.13. The van der Waals surface area contributed by atoms with Crippen molar-refractivity contribution < 1.29 is 28.6 Å². The van der Waals surface area contributed by atoms with Crippen molar-refractivity contribution in [2.75, 3.05) is 13.7 Å². The molecule has 27 heavy (non-hydrogen) atoms. The third-order valence-corrected chi connectivity index (χ3v) is 3.55. The van der Waals surface area contributed by atoms with E-state index in [1.165, 1.54) is 49.7 Å². The Hall–Kier alpha value is -3.13. The largest absolute Gasteiger partial charge is 0.493 e. The molecule has 2 N–H and O–H groups in total. The molecule has 2 aromatic carbocycles. The van der Waals surface area contributed by atoms with Crippen molar-refractivity contribution in [2.24, 2.45) is 5.10 Å². The summed E-state index contributed by atoms with van der Waals surface area (Å²) in [5.41, 5.74) is 3.50. The predicted octanol–water partition coefficient (Wildman–Crippen LogP) is 2.64. The minimum absolute atomic E-state index is 0.0453. The van der Waals surface area contributed by atoms with E-state index in [4.69, 9.17) is 26.2 Å². The zero-order valence-electron chi connectivity index (χ0n) is 14.2. The Bertz CT molecular complexity index is 856. The predicted molar refractivity (Wildman–Crippen MR) is 97.0 cm³/mol. The average molecular weight is 395 g/mol. The van der Waals surface area contributed by atoms with Crippen molar-refractivity contribution in [2.45, 2.75) is 6.42 Å². The molecule has 2 aromatic rings. The van der Waals surface area contributed by atoms with Crippen molar-refractivity contribution in [3.8, 4) is 11.5 Å². The van der Waals surface area contributed by atoms with Gasteiger partial charge in [0.2, 0.25) is 5.91 Å². The number of hydrazone groups is 1. The second-order valence-electron chi connectivity index (χ2n) is 5.31. The van der Waals surface area contributed by atoms with Crippen LogP contribution in [0, 0.1) is 5.82 Å². The van der Waals surface area contributed by atoms with Crippen LogP contribution in [0.5, 0.6) is 11.5 Å². The Morgan fingerprint density at radius 1 is 1.30 bits per heavy atom. The van der Waals surface area contributed by atoms with E-state index < -0.39 is 12.6 Å². The van der Waals surface area contributed by atoms with Crippen molar-refractivity contribution in [1.82, 2.24) is 5.43 Å². The van der Waals surface area contributed by atoms with E-state index in [0.29, 0.717) is 11.1 Å². The maximum atomic E-state index is 12.8. The van der Waals surface area contributed by atoms with Gasteiger partial charge in [-0.1, -0.05) is 23.7 Å². The summed E-state index contributed by atoms with van der Waals surface area (Å²) in [6, 6.07) is 8.58. The molecule has 1 amide bonds. The van der Waals surface area contributed by atoms with Crippen LogP contribution >= 0.6 is 11.6 Å². The second kappa shape index (κ2) is 9.54. The number of carbonyl (C=O) groups is 2. The first-order chi connectivity index (χ1) is 12.9. The summed E-state index contributed by atoms with van der Waals surface area (Å²) in [4.78, 5) is 22.5. The number of halogens is 2. The first-order valence-electron chi connectivity index (χ1n) is 7.67. The highest BCUT2D eigenvalue weighted by atomic mass is 35.5. The van der Waals surface area contributed by atoms with Gasteiger partial charge in [-0.2, -0.15) is 5.10 Å². The Morgan fingerprint density at radius 3 is 2.63 bits per heavy atom. The summed E-state index contributed by atoms with van der Waals surface area (Å²) in [5.74, 6) is -1.58. The Labute approximate surface area is 159 Å². The topological polar surface area (TPSA) is 97.2 Å². The molecule has 0 heterocycles. The van der Waals surface area contributed by atoms with E-state index in [2.05, 4.69) is 10.5 Å². The van der Waals surface area contributed by atoms with E-state index in [1.807, 2.05) is 0 Å². The minimum Gasteiger partial charge on any atom is -0.493 e. The van der Waals surface area contributed by atoms with Crippen LogP contribution in [-0.2, 0) is 16.0 Å². The van der Waals surface area contributed by atoms with Crippen LogP contribution in [0.2, 0.25) is 5.02 Å². The molecule has 0 aliphatic rings. The van der Waals surface area contributed by atoms with Crippen LogP contribution < -0.4 is 14.9 Å². The van der Waals surface area contributed by atoms with Gasteiger partial charge < -0.3 is 14.6 Å². The van der Waals surface area contributed by atoms with Gasteiger partial charge in [-0.15, -0.1) is 0 Å². The van der Waals surface area contributed by atoms with E-state index in [1.54, 1.807) is 0 Å². The number of hydrogen-bond donors (Lipinski definition) is 2. The minimum atomic E-state index is -1.15. The van der Waals surface area contributed by atoms with Crippen LogP contribution in [0.15, 0.2) is 41.5 Å². The van der Waals surface area contributed by atoms with Crippen molar-refractivity contribution in [3.05, 3.63) is 58.4 Å². The molecular formula is C18H16ClFN2O5. The molecule has 0 aliphatic carbocycles. The molecule has 7 nitrogen and oxygen atoms in total. The highest BCUT2D eigenvalue weighted by Gasteiger charge is 2.13. The standard InChI is InChI=1S/C18H16ClFN2O5/c1-26-15-7-12(6-14(19)18(15)27-10-17(24)25)9-21-22-16(23)8-11-2-4-13(20)5-3-11/h2-7,9H,8,10H2,1H3,(H,22,23)(H,24,25)/b21-9+. The van der Waals surface area contributed by atoms with Crippen LogP contribution in [-0.4, -0.2) is 36.9 Å². The lowest BCUT2D eigenvalue weighted by molar-refractivity contribution is -0.139. The molecule has 2 rings (SSSR count). The lowest BCUT2D eigenvalue weighted by atomic mass is 10.1. The summed E-state index contributed by atoms with van der Waals surface area (Å²) in [6.45, 7) is -0.567. The molecule has 0 fully saturated rings. The first kappa shape index (κ1) is 20.2. The number of carbonyl (C=O) groups excluding carboxylic acids is 1. The number of nitrogens with zero attached hydrogens (tertiary/aromatic N) is 1. The molecule has 0 bridgehead atoms. The number of carboxylic acid groups (broad SMARTS) is 1. The van der Waals surface area contributed by atoms with Gasteiger partial charge in [0.15, 0.2) is 18.1 Å². The number of carboxylic acids is 1. The fraction of sp³-hybridized carbons (Fsp3) is 0.167. The lowest BCUT2D eigenvalue weighted by Crippen LogP contribution is -2.19. The van der Waals surface area contributed by atoms with Gasteiger partial charge in [-0.3, -0.25) is 4.79 Å². The Balaban J connectivity index is 2.01. The molecule has 9 heteroatoms. The molecule has 0 atom stereocenters. The van der Waals surface area contributed by atoms with Gasteiger partial charge in [0.05, 0.1) is 24.8 Å². The fourth-order valence-corrected chi connectivity index (χ4v) is 2.37. The summed E-state index contributed by atoms with van der Waals surface area (Å²) in [6.07, 6.45) is 1.39. The molecule has 0 saturated carbocycles. The molecule has 0 spiro atoms. The van der Waals surface area contributed by atoms with Gasteiger partial charge >= 0.3 is 5.97 Å².